The van der Waals surface area contributed by atoms with Crippen molar-refractivity contribution in [3.63, 3.8) is 0 Å². The van der Waals surface area contributed by atoms with Crippen LogP contribution in [-0.4, -0.2) is 23.9 Å². The average Bonchev–Trinajstić information content (AvgIpc) is 3.01. The van der Waals surface area contributed by atoms with E-state index in [4.69, 9.17) is 18.9 Å². The summed E-state index contributed by atoms with van der Waals surface area (Å²) in [6.07, 6.45) is 0. The Hall–Kier alpha value is -6.19. The summed E-state index contributed by atoms with van der Waals surface area (Å²) >= 11 is 0. The molecule has 47 heavy (non-hydrogen) atoms. The zero-order valence-electron chi connectivity index (χ0n) is 26.5. The fourth-order valence-corrected chi connectivity index (χ4v) is 3.27. The summed E-state index contributed by atoms with van der Waals surface area (Å²) in [5.74, 6) is 7.44. The van der Waals surface area contributed by atoms with E-state index in [1.54, 1.807) is 26.0 Å². The van der Waals surface area contributed by atoms with Crippen LogP contribution in [-0.2, 0) is 19.2 Å². The van der Waals surface area contributed by atoms with E-state index in [9.17, 15) is 23.6 Å². The highest BCUT2D eigenvalue weighted by atomic mass is 19.1. The highest BCUT2D eigenvalue weighted by molar-refractivity contribution is 5.91. The van der Waals surface area contributed by atoms with Crippen molar-refractivity contribution >= 4 is 23.9 Å². The van der Waals surface area contributed by atoms with Crippen LogP contribution in [0.2, 0.25) is 0 Å². The molecule has 0 radical (unpaired) electrons. The van der Waals surface area contributed by atoms with Crippen LogP contribution >= 0.6 is 0 Å². The van der Waals surface area contributed by atoms with Gasteiger partial charge in [0.05, 0.1) is 11.5 Å². The van der Waals surface area contributed by atoms with Crippen LogP contribution in [0.25, 0.3) is 0 Å². The number of esters is 4. The molecule has 3 aromatic carbocycles. The van der Waals surface area contributed by atoms with Gasteiger partial charge in [-0.3, -0.25) is 4.79 Å². The second-order valence-corrected chi connectivity index (χ2v) is 10.6. The lowest BCUT2D eigenvalue weighted by atomic mass is 10.1. The quantitative estimate of drug-likeness (QED) is 0.118. The second-order valence-electron chi connectivity index (χ2n) is 10.6. The molecule has 0 aliphatic rings. The molecule has 9 heteroatoms. The molecule has 0 spiro atoms. The van der Waals surface area contributed by atoms with E-state index in [-0.39, 0.29) is 45.3 Å². The molecule has 0 aliphatic heterocycles. The number of rotatable bonds is 8. The highest BCUT2D eigenvalue weighted by Gasteiger charge is 2.18. The Bertz CT molecular complexity index is 1940. The molecule has 0 bridgehead atoms. The Kier molecular flexibility index (Phi) is 11.8. The number of ether oxygens (including phenoxy) is 4. The van der Waals surface area contributed by atoms with Gasteiger partial charge in [0.15, 0.2) is 23.0 Å². The molecule has 0 aromatic heterocycles. The minimum absolute atomic E-state index is 0.0184. The molecule has 8 nitrogen and oxygen atoms in total. The van der Waals surface area contributed by atoms with E-state index in [0.717, 1.165) is 0 Å². The summed E-state index contributed by atoms with van der Waals surface area (Å²) in [6.45, 7) is 18.4. The van der Waals surface area contributed by atoms with E-state index in [2.05, 4.69) is 43.4 Å². The number of benzene rings is 3. The molecular weight excluding hydrogens is 603 g/mol. The van der Waals surface area contributed by atoms with Gasteiger partial charge in [0.25, 0.3) is 0 Å². The van der Waals surface area contributed by atoms with E-state index >= 15 is 0 Å². The number of hydrogen-bond donors (Lipinski definition) is 0. The number of hydrogen-bond acceptors (Lipinski definition) is 8. The molecule has 0 aliphatic carbocycles. The van der Waals surface area contributed by atoms with Crippen LogP contribution in [0.15, 0.2) is 91.1 Å². The lowest BCUT2D eigenvalue weighted by molar-refractivity contribution is -0.138. The lowest BCUT2D eigenvalue weighted by Gasteiger charge is -2.12. The molecule has 3 rings (SSSR count). The van der Waals surface area contributed by atoms with Crippen LogP contribution < -0.4 is 18.9 Å². The minimum atomic E-state index is -0.736. The van der Waals surface area contributed by atoms with E-state index in [1.807, 2.05) is 0 Å². The average molecular weight is 635 g/mol. The van der Waals surface area contributed by atoms with Crippen LogP contribution in [0, 0.1) is 35.4 Å². The van der Waals surface area contributed by atoms with Gasteiger partial charge in [-0.05, 0) is 63.2 Å². The van der Waals surface area contributed by atoms with Gasteiger partial charge in [-0.25, -0.2) is 18.8 Å². The van der Waals surface area contributed by atoms with Gasteiger partial charge >= 0.3 is 23.9 Å². The van der Waals surface area contributed by atoms with Crippen molar-refractivity contribution in [2.24, 2.45) is 5.92 Å². The van der Waals surface area contributed by atoms with Crippen molar-refractivity contribution in [1.29, 1.82) is 0 Å². The summed E-state index contributed by atoms with van der Waals surface area (Å²) in [5, 5.41) is 0. The Morgan fingerprint density at radius 3 is 1.38 bits per heavy atom. The summed E-state index contributed by atoms with van der Waals surface area (Å²) in [7, 11) is 0. The summed E-state index contributed by atoms with van der Waals surface area (Å²) in [4.78, 5) is 48.4. The van der Waals surface area contributed by atoms with Crippen LogP contribution in [0.5, 0.6) is 23.0 Å². The molecule has 0 fully saturated rings. The Morgan fingerprint density at radius 2 is 0.957 bits per heavy atom. The SMILES string of the molecule is C=C(C)C(=O)Oc1ccc(C#Cc2ccc(C#Cc3ccc(OC(=O)C(C)C)c(OC(=O)C(=C)C)c3)cc2F)cc1OC(=O)C(=C)C. The van der Waals surface area contributed by atoms with Gasteiger partial charge < -0.3 is 18.9 Å². The normalized spacial score (nSPS) is 9.94. The van der Waals surface area contributed by atoms with E-state index in [1.165, 1.54) is 63.2 Å². The Morgan fingerprint density at radius 1 is 0.574 bits per heavy atom. The van der Waals surface area contributed by atoms with Crippen molar-refractivity contribution < 1.29 is 42.5 Å². The zero-order chi connectivity index (χ0) is 34.8. The predicted molar refractivity (Wildman–Crippen MR) is 173 cm³/mol. The lowest BCUT2D eigenvalue weighted by Crippen LogP contribution is -2.16. The van der Waals surface area contributed by atoms with Gasteiger partial charge in [0.2, 0.25) is 0 Å². The molecule has 3 aromatic rings. The fraction of sp³-hybridized carbons (Fsp3) is 0.158. The molecule has 238 valence electrons. The minimum Gasteiger partial charge on any atom is -0.422 e. The zero-order valence-corrected chi connectivity index (χ0v) is 26.5. The Balaban J connectivity index is 1.88. The molecule has 0 saturated carbocycles. The molecule has 0 unspecified atom stereocenters. The number of carbonyl (C=O) groups excluding carboxylic acids is 4. The van der Waals surface area contributed by atoms with Crippen molar-refractivity contribution in [3.05, 3.63) is 119 Å². The predicted octanol–water partition coefficient (Wildman–Crippen LogP) is 6.63. The van der Waals surface area contributed by atoms with Gasteiger partial charge in [-0.1, -0.05) is 57.3 Å². The summed E-state index contributed by atoms with van der Waals surface area (Å²) in [5.41, 5.74) is 1.57. The van der Waals surface area contributed by atoms with Gasteiger partial charge in [-0.15, -0.1) is 0 Å². The monoisotopic (exact) mass is 634 g/mol. The number of halogens is 1. The summed E-state index contributed by atoms with van der Waals surface area (Å²) in [6, 6.07) is 13.0. The fourth-order valence-electron chi connectivity index (χ4n) is 3.27. The molecular formula is C38H31FO8. The largest absolute Gasteiger partial charge is 0.422 e. The van der Waals surface area contributed by atoms with Gasteiger partial charge in [-0.2, -0.15) is 0 Å². The first-order valence-corrected chi connectivity index (χ1v) is 14.1. The molecule has 0 N–H and O–H groups in total. The first-order chi connectivity index (χ1) is 22.1. The molecule has 0 atom stereocenters. The smallest absolute Gasteiger partial charge is 0.338 e. The van der Waals surface area contributed by atoms with Gasteiger partial charge in [0, 0.05) is 45.5 Å². The first-order valence-electron chi connectivity index (χ1n) is 14.1. The Labute approximate surface area is 272 Å². The topological polar surface area (TPSA) is 105 Å². The van der Waals surface area contributed by atoms with Crippen molar-refractivity contribution in [2.75, 3.05) is 0 Å². The van der Waals surface area contributed by atoms with Crippen LogP contribution in [0.4, 0.5) is 4.39 Å². The van der Waals surface area contributed by atoms with E-state index < -0.39 is 35.6 Å². The second kappa shape index (κ2) is 15.7. The maximum Gasteiger partial charge on any atom is 0.338 e. The third-order valence-corrected chi connectivity index (χ3v) is 5.88. The standard InChI is InChI=1S/C38H31FO8/c1-22(2)35(40)44-31-17-13-27(20-33(31)46-37(42)24(5)6)10-9-26-11-15-29(30(39)19-26)16-12-28-14-18-32(45-36(41)23(3)4)34(21-28)47-38(43)25(7)8/h11,13-15,17-22H,3,5,7H2,1-2,4,6,8H3. The van der Waals surface area contributed by atoms with Crippen LogP contribution in [0.3, 0.4) is 0 Å². The maximum absolute atomic E-state index is 15.0. The van der Waals surface area contributed by atoms with Crippen molar-refractivity contribution in [2.45, 2.75) is 34.6 Å². The third-order valence-electron chi connectivity index (χ3n) is 5.88. The van der Waals surface area contributed by atoms with Crippen molar-refractivity contribution in [3.8, 4) is 46.7 Å². The highest BCUT2D eigenvalue weighted by Crippen LogP contribution is 2.31. The molecule has 0 saturated heterocycles. The third kappa shape index (κ3) is 10.2. The van der Waals surface area contributed by atoms with Crippen molar-refractivity contribution in [1.82, 2.24) is 0 Å². The van der Waals surface area contributed by atoms with Crippen LogP contribution in [0.1, 0.15) is 56.9 Å². The maximum atomic E-state index is 15.0. The molecule has 0 amide bonds. The summed E-state index contributed by atoms with van der Waals surface area (Å²) < 4.78 is 36.2. The van der Waals surface area contributed by atoms with Gasteiger partial charge in [0.1, 0.15) is 5.82 Å². The van der Waals surface area contributed by atoms with E-state index in [0.29, 0.717) is 16.7 Å². The molecule has 0 heterocycles. The first kappa shape index (κ1) is 35.3. The number of carbonyl (C=O) groups is 4.